The largest absolute Gasteiger partial charge is 0.496 e. The number of methoxy groups -OCH3 is 1. The quantitative estimate of drug-likeness (QED) is 0.815. The van der Waals surface area contributed by atoms with Gasteiger partial charge in [0.25, 0.3) is 0 Å². The summed E-state index contributed by atoms with van der Waals surface area (Å²) in [7, 11) is -1.88. The van der Waals surface area contributed by atoms with Gasteiger partial charge in [0, 0.05) is 6.54 Å². The average Bonchev–Trinajstić information content (AvgIpc) is 2.50. The van der Waals surface area contributed by atoms with Gasteiger partial charge in [0.05, 0.1) is 12.0 Å². The van der Waals surface area contributed by atoms with Crippen molar-refractivity contribution in [2.24, 2.45) is 5.92 Å². The molecule has 132 valence electrons. The van der Waals surface area contributed by atoms with Crippen LogP contribution in [0, 0.1) is 19.8 Å². The highest BCUT2D eigenvalue weighted by Gasteiger charge is 2.19. The maximum absolute atomic E-state index is 12.5. The molecule has 23 heavy (non-hydrogen) atoms. The van der Waals surface area contributed by atoms with Crippen molar-refractivity contribution in [3.8, 4) is 5.75 Å². The van der Waals surface area contributed by atoms with Crippen molar-refractivity contribution in [1.29, 1.82) is 0 Å². The number of sulfonamides is 1. The lowest BCUT2D eigenvalue weighted by Gasteiger charge is -2.22. The lowest BCUT2D eigenvalue weighted by atomic mass is 9.96. The predicted octanol–water partition coefficient (Wildman–Crippen LogP) is 2.40. The zero-order chi connectivity index (χ0) is 16.2. The van der Waals surface area contributed by atoms with E-state index in [-0.39, 0.29) is 12.4 Å². The Morgan fingerprint density at radius 1 is 1.30 bits per heavy atom. The average molecular weight is 363 g/mol. The molecule has 5 nitrogen and oxygen atoms in total. The lowest BCUT2D eigenvalue weighted by Crippen LogP contribution is -2.33. The van der Waals surface area contributed by atoms with Crippen molar-refractivity contribution < 1.29 is 13.2 Å². The topological polar surface area (TPSA) is 67.4 Å². The Morgan fingerprint density at radius 3 is 2.65 bits per heavy atom. The number of rotatable bonds is 6. The second-order valence-electron chi connectivity index (χ2n) is 5.99. The first-order valence-corrected chi connectivity index (χ1v) is 9.28. The van der Waals surface area contributed by atoms with Crippen LogP contribution in [-0.4, -0.2) is 35.2 Å². The molecule has 1 unspecified atom stereocenters. The standard InChI is InChI=1S/C16H26N2O3S.ClH/c1-12-10-16(13(2)9-15(12)21-3)22(19,20)18-8-6-14-5-4-7-17-11-14;/h9-10,14,17-18H,4-8,11H2,1-3H3;1H. The minimum atomic E-state index is -3.47. The lowest BCUT2D eigenvalue weighted by molar-refractivity contribution is 0.358. The van der Waals surface area contributed by atoms with E-state index in [9.17, 15) is 8.42 Å². The highest BCUT2D eigenvalue weighted by atomic mass is 35.5. The molecular formula is C16H27ClN2O3S. The SMILES string of the molecule is COc1cc(C)c(S(=O)(=O)NCCC2CCCNC2)cc1C.Cl. The van der Waals surface area contributed by atoms with Crippen molar-refractivity contribution in [3.63, 3.8) is 0 Å². The molecule has 0 bridgehead atoms. The van der Waals surface area contributed by atoms with Crippen LogP contribution >= 0.6 is 12.4 Å². The molecule has 1 atom stereocenters. The maximum Gasteiger partial charge on any atom is 0.240 e. The molecule has 0 aromatic heterocycles. The van der Waals surface area contributed by atoms with E-state index in [4.69, 9.17) is 4.74 Å². The number of piperidine rings is 1. The van der Waals surface area contributed by atoms with E-state index in [1.54, 1.807) is 26.2 Å². The minimum Gasteiger partial charge on any atom is -0.496 e. The van der Waals surface area contributed by atoms with E-state index in [1.165, 1.54) is 12.8 Å². The van der Waals surface area contributed by atoms with Crippen LogP contribution in [0.4, 0.5) is 0 Å². The number of ether oxygens (including phenoxy) is 1. The molecule has 1 heterocycles. The van der Waals surface area contributed by atoms with Gasteiger partial charge in [-0.1, -0.05) is 0 Å². The van der Waals surface area contributed by atoms with Crippen LogP contribution in [0.2, 0.25) is 0 Å². The molecule has 1 fully saturated rings. The van der Waals surface area contributed by atoms with Crippen molar-refractivity contribution in [1.82, 2.24) is 10.0 Å². The molecular weight excluding hydrogens is 336 g/mol. The summed E-state index contributed by atoms with van der Waals surface area (Å²) < 4.78 is 32.9. The monoisotopic (exact) mass is 362 g/mol. The Balaban J connectivity index is 0.00000264. The molecule has 0 saturated carbocycles. The summed E-state index contributed by atoms with van der Waals surface area (Å²) in [5.41, 5.74) is 1.53. The molecule has 7 heteroatoms. The third-order valence-corrected chi connectivity index (χ3v) is 5.83. The van der Waals surface area contributed by atoms with Crippen molar-refractivity contribution in [2.45, 2.75) is 38.0 Å². The number of hydrogen-bond donors (Lipinski definition) is 2. The smallest absolute Gasteiger partial charge is 0.240 e. The van der Waals surface area contributed by atoms with E-state index in [0.29, 0.717) is 28.7 Å². The zero-order valence-electron chi connectivity index (χ0n) is 14.0. The first kappa shape index (κ1) is 20.2. The zero-order valence-corrected chi connectivity index (χ0v) is 15.6. The Labute approximate surface area is 145 Å². The second-order valence-corrected chi connectivity index (χ2v) is 7.72. The van der Waals surface area contributed by atoms with Gasteiger partial charge >= 0.3 is 0 Å². The molecule has 2 N–H and O–H groups in total. The molecule has 1 saturated heterocycles. The summed E-state index contributed by atoms with van der Waals surface area (Å²) in [5, 5.41) is 3.35. The van der Waals surface area contributed by atoms with Gasteiger partial charge in [-0.2, -0.15) is 0 Å². The van der Waals surface area contributed by atoms with Crippen molar-refractivity contribution >= 4 is 22.4 Å². The van der Waals surface area contributed by atoms with E-state index in [2.05, 4.69) is 10.0 Å². The third kappa shape index (κ3) is 5.35. The summed E-state index contributed by atoms with van der Waals surface area (Å²) in [6.07, 6.45) is 3.23. The van der Waals surface area contributed by atoms with Crippen LogP contribution in [0.5, 0.6) is 5.75 Å². The van der Waals surface area contributed by atoms with E-state index in [0.717, 1.165) is 25.1 Å². The van der Waals surface area contributed by atoms with Crippen LogP contribution < -0.4 is 14.8 Å². The minimum absolute atomic E-state index is 0. The predicted molar refractivity (Wildman–Crippen MR) is 95.1 cm³/mol. The maximum atomic E-state index is 12.5. The Hall–Kier alpha value is -0.820. The number of aryl methyl sites for hydroxylation is 2. The molecule has 0 aliphatic carbocycles. The van der Waals surface area contributed by atoms with Crippen LogP contribution in [0.15, 0.2) is 17.0 Å². The summed E-state index contributed by atoms with van der Waals surface area (Å²) in [6, 6.07) is 3.45. The fraction of sp³-hybridized carbons (Fsp3) is 0.625. The fourth-order valence-electron chi connectivity index (χ4n) is 2.92. The highest BCUT2D eigenvalue weighted by Crippen LogP contribution is 2.25. The van der Waals surface area contributed by atoms with Crippen molar-refractivity contribution in [2.75, 3.05) is 26.7 Å². The highest BCUT2D eigenvalue weighted by molar-refractivity contribution is 7.89. The summed E-state index contributed by atoms with van der Waals surface area (Å²) in [4.78, 5) is 0.340. The summed E-state index contributed by atoms with van der Waals surface area (Å²) in [6.45, 7) is 6.20. The fourth-order valence-corrected chi connectivity index (χ4v) is 4.28. The van der Waals surface area contributed by atoms with Crippen LogP contribution in [0.25, 0.3) is 0 Å². The molecule has 1 aliphatic rings. The van der Waals surface area contributed by atoms with Gasteiger partial charge in [-0.05, 0) is 75.4 Å². The number of hydrogen-bond acceptors (Lipinski definition) is 4. The number of halogens is 1. The summed E-state index contributed by atoms with van der Waals surface area (Å²) >= 11 is 0. The third-order valence-electron chi connectivity index (χ3n) is 4.23. The molecule has 0 spiro atoms. The van der Waals surface area contributed by atoms with Crippen LogP contribution in [-0.2, 0) is 10.0 Å². The van der Waals surface area contributed by atoms with Crippen molar-refractivity contribution in [3.05, 3.63) is 23.3 Å². The summed E-state index contributed by atoms with van der Waals surface area (Å²) in [5.74, 6) is 1.28. The van der Waals surface area contributed by atoms with Gasteiger partial charge in [0.2, 0.25) is 10.0 Å². The molecule has 1 aromatic carbocycles. The molecule has 2 rings (SSSR count). The van der Waals surface area contributed by atoms with E-state index < -0.39 is 10.0 Å². The van der Waals surface area contributed by atoms with E-state index in [1.807, 2.05) is 6.92 Å². The Morgan fingerprint density at radius 2 is 2.04 bits per heavy atom. The van der Waals surface area contributed by atoms with Gasteiger partial charge in [0.1, 0.15) is 5.75 Å². The van der Waals surface area contributed by atoms with Gasteiger partial charge < -0.3 is 10.1 Å². The van der Waals surface area contributed by atoms with Crippen LogP contribution in [0.3, 0.4) is 0 Å². The first-order chi connectivity index (χ1) is 10.4. The molecule has 1 aromatic rings. The Kier molecular flexibility index (Phi) is 7.80. The van der Waals surface area contributed by atoms with Gasteiger partial charge in [-0.3, -0.25) is 0 Å². The van der Waals surface area contributed by atoms with Gasteiger partial charge in [0.15, 0.2) is 0 Å². The second kappa shape index (κ2) is 8.87. The number of nitrogens with one attached hydrogen (secondary N) is 2. The van der Waals surface area contributed by atoms with E-state index >= 15 is 0 Å². The van der Waals surface area contributed by atoms with Crippen LogP contribution in [0.1, 0.15) is 30.4 Å². The Bertz CT molecular complexity index is 614. The molecule has 1 aliphatic heterocycles. The molecule has 0 amide bonds. The number of benzene rings is 1. The van der Waals surface area contributed by atoms with Gasteiger partial charge in [-0.15, -0.1) is 12.4 Å². The van der Waals surface area contributed by atoms with Gasteiger partial charge in [-0.25, -0.2) is 13.1 Å². The normalized spacial score (nSPS) is 18.3. The molecule has 0 radical (unpaired) electrons. The first-order valence-electron chi connectivity index (χ1n) is 7.79.